The molecule has 5 nitrogen and oxygen atoms in total. The first kappa shape index (κ1) is 31.5. The molecule has 1 aromatic heterocycles. The molecule has 2 atom stereocenters. The Kier molecular flexibility index (Phi) is 16.4. The maximum Gasteiger partial charge on any atom is 1.00 e. The number of halogens is 1. The van der Waals surface area contributed by atoms with E-state index in [1.165, 1.54) is 24.0 Å². The van der Waals surface area contributed by atoms with Crippen LogP contribution in [0.15, 0.2) is 98.9 Å². The van der Waals surface area contributed by atoms with Crippen LogP contribution in [-0.2, 0) is 6.54 Å². The number of nitrogens with zero attached hydrogens (tertiary/aromatic N) is 3. The standard InChI is InChI=1S/C16H17N2.C7H12N2.C6H10FN.Na/c1-2-18-16(14-6-4-3-5-7-14)15-10-8-13(12-17)9-11-15;1-2-3-5-9-6-4-8-7-9;1-2-8-4-3-6(7)5-8;/h2-12,16,18H,1,17H2;4,6-7H,2-3,5H2,1H3;2,6H,1,3-5H2;/q-1;;;+1. The quantitative estimate of drug-likeness (QED) is 0.351. The van der Waals surface area contributed by atoms with E-state index in [1.54, 1.807) is 18.9 Å². The molecular weight excluding hydrogens is 460 g/mol. The van der Waals surface area contributed by atoms with Crippen LogP contribution in [0.5, 0.6) is 0 Å². The van der Waals surface area contributed by atoms with Gasteiger partial charge >= 0.3 is 29.6 Å². The summed E-state index contributed by atoms with van der Waals surface area (Å²) in [6.45, 7) is 13.6. The summed E-state index contributed by atoms with van der Waals surface area (Å²) in [6.07, 6.45) is 11.6. The van der Waals surface area contributed by atoms with Gasteiger partial charge in [0, 0.05) is 32.0 Å². The molecule has 3 aromatic rings. The summed E-state index contributed by atoms with van der Waals surface area (Å²) in [5.41, 5.74) is 8.90. The molecule has 4 rings (SSSR count). The molecule has 3 N–H and O–H groups in total. The van der Waals surface area contributed by atoms with Gasteiger partial charge in [-0.1, -0.05) is 56.8 Å². The normalized spacial score (nSPS) is 14.6. The molecule has 7 heteroatoms. The predicted octanol–water partition coefficient (Wildman–Crippen LogP) is 2.84. The fourth-order valence-corrected chi connectivity index (χ4v) is 3.62. The average Bonchev–Trinajstić information content (AvgIpc) is 3.59. The summed E-state index contributed by atoms with van der Waals surface area (Å²) in [5, 5.41) is 3.28. The molecule has 2 aromatic carbocycles. The molecule has 0 amide bonds. The van der Waals surface area contributed by atoms with E-state index in [-0.39, 0.29) is 35.6 Å². The fourth-order valence-electron chi connectivity index (χ4n) is 3.62. The Hall–Kier alpha value is -2.51. The van der Waals surface area contributed by atoms with Crippen molar-refractivity contribution in [3.63, 3.8) is 0 Å². The molecule has 1 aliphatic heterocycles. The molecular formula is C29H39FN5Na. The number of aryl methyl sites for hydroxylation is 1. The Bertz CT molecular complexity index is 948. The van der Waals surface area contributed by atoms with E-state index in [0.29, 0.717) is 13.0 Å². The number of rotatable bonds is 9. The second kappa shape index (κ2) is 18.7. The topological polar surface area (TPSA) is 59.1 Å². The minimum absolute atomic E-state index is 0. The van der Waals surface area contributed by atoms with Crippen molar-refractivity contribution in [2.75, 3.05) is 13.1 Å². The molecule has 0 radical (unpaired) electrons. The van der Waals surface area contributed by atoms with E-state index in [1.807, 2.05) is 54.0 Å². The monoisotopic (exact) mass is 499 g/mol. The number of hydrogen-bond donors (Lipinski definition) is 2. The van der Waals surface area contributed by atoms with Crippen LogP contribution >= 0.6 is 0 Å². The van der Waals surface area contributed by atoms with Crippen LogP contribution in [0.4, 0.5) is 4.39 Å². The van der Waals surface area contributed by atoms with Crippen LogP contribution < -0.4 is 40.6 Å². The minimum atomic E-state index is -0.618. The Labute approximate surface area is 238 Å². The van der Waals surface area contributed by atoms with E-state index in [4.69, 9.17) is 5.73 Å². The largest absolute Gasteiger partial charge is 1.00 e. The summed E-state index contributed by atoms with van der Waals surface area (Å²) >= 11 is 0. The van der Waals surface area contributed by atoms with Gasteiger partial charge in [-0.25, -0.2) is 9.37 Å². The zero-order valence-corrected chi connectivity index (χ0v) is 23.8. The molecule has 1 fully saturated rings. The molecule has 2 heterocycles. The summed E-state index contributed by atoms with van der Waals surface area (Å²) in [5.74, 6) is 0. The number of unbranched alkanes of at least 4 members (excludes halogenated alkanes) is 1. The minimum Gasteiger partial charge on any atom is -0.381 e. The van der Waals surface area contributed by atoms with Crippen molar-refractivity contribution in [3.05, 3.63) is 122 Å². The van der Waals surface area contributed by atoms with Crippen LogP contribution in [0.3, 0.4) is 0 Å². The Balaban J connectivity index is 0.000000301. The van der Waals surface area contributed by atoms with Gasteiger partial charge in [-0.3, -0.25) is 0 Å². The van der Waals surface area contributed by atoms with E-state index in [9.17, 15) is 4.39 Å². The number of alkyl halides is 1. The van der Waals surface area contributed by atoms with Gasteiger partial charge in [0.1, 0.15) is 6.17 Å². The first-order valence-corrected chi connectivity index (χ1v) is 12.1. The van der Waals surface area contributed by atoms with Crippen molar-refractivity contribution in [1.82, 2.24) is 19.8 Å². The first-order valence-electron chi connectivity index (χ1n) is 12.1. The molecule has 36 heavy (non-hydrogen) atoms. The smallest absolute Gasteiger partial charge is 0.381 e. The van der Waals surface area contributed by atoms with Crippen molar-refractivity contribution in [3.8, 4) is 0 Å². The third kappa shape index (κ3) is 11.5. The number of nitrogens with one attached hydrogen (secondary N) is 1. The number of hydrogen-bond acceptors (Lipinski definition) is 4. The van der Waals surface area contributed by atoms with E-state index >= 15 is 0 Å². The van der Waals surface area contributed by atoms with Gasteiger partial charge in [0.25, 0.3) is 0 Å². The molecule has 188 valence electrons. The van der Waals surface area contributed by atoms with Gasteiger partial charge in [-0.05, 0) is 36.4 Å². The second-order valence-electron chi connectivity index (χ2n) is 8.27. The van der Waals surface area contributed by atoms with Crippen LogP contribution in [0.1, 0.15) is 48.9 Å². The maximum atomic E-state index is 12.3. The van der Waals surface area contributed by atoms with Crippen molar-refractivity contribution >= 4 is 0 Å². The number of benzene rings is 2. The van der Waals surface area contributed by atoms with Gasteiger partial charge in [-0.2, -0.15) is 17.7 Å². The third-order valence-electron chi connectivity index (χ3n) is 5.63. The van der Waals surface area contributed by atoms with Crippen LogP contribution in [0.25, 0.3) is 0 Å². The summed E-state index contributed by atoms with van der Waals surface area (Å²) in [4.78, 5) is 5.83. The van der Waals surface area contributed by atoms with Gasteiger partial charge in [0.05, 0.1) is 12.4 Å². The molecule has 0 saturated carbocycles. The van der Waals surface area contributed by atoms with Crippen LogP contribution in [-0.4, -0.2) is 33.7 Å². The van der Waals surface area contributed by atoms with Crippen molar-refractivity contribution in [2.24, 2.45) is 5.73 Å². The molecule has 0 aliphatic carbocycles. The van der Waals surface area contributed by atoms with E-state index in [0.717, 1.165) is 18.7 Å². The summed E-state index contributed by atoms with van der Waals surface area (Å²) < 4.78 is 14.4. The van der Waals surface area contributed by atoms with E-state index in [2.05, 4.69) is 59.2 Å². The van der Waals surface area contributed by atoms with Crippen LogP contribution in [0, 0.1) is 6.54 Å². The number of nitrogens with two attached hydrogens (primary N) is 1. The molecule has 1 saturated heterocycles. The SMILES string of the molecule is C=CN1CCC(F)C1.C=CNC(c1ccccc1)c1ccc([CH-]N)cc1.CCCCn1ccnc1.[Na+]. The fraction of sp³-hybridized carbons (Fsp3) is 0.310. The molecule has 1 aliphatic rings. The van der Waals surface area contributed by atoms with Crippen molar-refractivity contribution in [2.45, 2.75) is 44.9 Å². The van der Waals surface area contributed by atoms with Crippen molar-refractivity contribution in [1.29, 1.82) is 0 Å². The number of likely N-dealkylation sites (tertiary alicyclic amines) is 1. The zero-order valence-electron chi connectivity index (χ0n) is 21.8. The second-order valence-corrected chi connectivity index (χ2v) is 8.27. The van der Waals surface area contributed by atoms with Gasteiger partial charge in [0.2, 0.25) is 0 Å². The summed E-state index contributed by atoms with van der Waals surface area (Å²) in [7, 11) is 0. The van der Waals surface area contributed by atoms with E-state index < -0.39 is 6.17 Å². The molecule has 0 bridgehead atoms. The Morgan fingerprint density at radius 3 is 2.33 bits per heavy atom. The maximum absolute atomic E-state index is 12.3. The Morgan fingerprint density at radius 1 is 1.17 bits per heavy atom. The number of aromatic nitrogens is 2. The number of imidazole rings is 1. The molecule has 2 unspecified atom stereocenters. The summed E-state index contributed by atoms with van der Waals surface area (Å²) in [6, 6.07) is 18.6. The van der Waals surface area contributed by atoms with Crippen molar-refractivity contribution < 1.29 is 33.9 Å². The zero-order chi connectivity index (χ0) is 25.3. The first-order chi connectivity index (χ1) is 17.1. The van der Waals surface area contributed by atoms with Gasteiger partial charge in [0.15, 0.2) is 0 Å². The third-order valence-corrected chi connectivity index (χ3v) is 5.63. The predicted molar refractivity (Wildman–Crippen MR) is 144 cm³/mol. The van der Waals surface area contributed by atoms with Crippen LogP contribution in [0.2, 0.25) is 0 Å². The molecule has 0 spiro atoms. The average molecular weight is 500 g/mol. The Morgan fingerprint density at radius 2 is 1.86 bits per heavy atom. The van der Waals surface area contributed by atoms with Gasteiger partial charge in [-0.15, -0.1) is 18.7 Å². The van der Waals surface area contributed by atoms with Gasteiger partial charge < -0.3 is 20.5 Å².